The molecule has 3 rings (SSSR count). The normalized spacial score (nSPS) is 18.9. The molecule has 2 aliphatic rings. The van der Waals surface area contributed by atoms with Crippen LogP contribution in [0.4, 0.5) is 0 Å². The molecule has 23 heavy (non-hydrogen) atoms. The van der Waals surface area contributed by atoms with E-state index in [9.17, 15) is 5.11 Å². The zero-order valence-corrected chi connectivity index (χ0v) is 17.4. The van der Waals surface area contributed by atoms with Gasteiger partial charge < -0.3 is 0 Å². The third kappa shape index (κ3) is 3.55. The molecular weight excluding hydrogens is 410 g/mol. The van der Waals surface area contributed by atoms with Crippen molar-refractivity contribution in [3.05, 3.63) is 63.0 Å². The Balaban J connectivity index is 0.00000132. The monoisotopic (exact) mass is 432 g/mol. The van der Waals surface area contributed by atoms with Gasteiger partial charge in [0.1, 0.15) is 0 Å². The molecule has 1 aromatic rings. The fraction of sp³-hybridized carbons (Fsp3) is 0.278. The molecule has 0 radical (unpaired) electrons. The Hall–Kier alpha value is -0.307. The van der Waals surface area contributed by atoms with E-state index in [0.717, 1.165) is 6.42 Å². The van der Waals surface area contributed by atoms with Crippen molar-refractivity contribution < 1.29 is 26.7 Å². The van der Waals surface area contributed by atoms with Crippen molar-refractivity contribution in [2.24, 2.45) is 0 Å². The van der Waals surface area contributed by atoms with Gasteiger partial charge in [0.2, 0.25) is 0 Å². The number of allylic oxidation sites excluding steroid dienone is 5. The zero-order chi connectivity index (χ0) is 14.9. The number of rotatable bonds is 5. The van der Waals surface area contributed by atoms with Crippen molar-refractivity contribution in [2.45, 2.75) is 14.7 Å². The number of hydrogen-bond acceptors (Lipinski definition) is 2. The van der Waals surface area contributed by atoms with Crippen LogP contribution in [-0.2, 0) is 21.6 Å². The van der Waals surface area contributed by atoms with Crippen LogP contribution in [-0.4, -0.2) is 22.5 Å². The van der Waals surface area contributed by atoms with Gasteiger partial charge in [0.15, 0.2) is 0 Å². The molecule has 1 unspecified atom stereocenters. The number of hydrogen-bond donors (Lipinski definition) is 1. The fourth-order valence-electron chi connectivity index (χ4n) is 3.57. The third-order valence-corrected chi connectivity index (χ3v) is 17.7. The molecule has 1 aromatic carbocycles. The fourth-order valence-corrected chi connectivity index (χ4v) is 14.2. The van der Waals surface area contributed by atoms with Gasteiger partial charge in [0, 0.05) is 0 Å². The predicted molar refractivity (Wildman–Crippen MR) is 101 cm³/mol. The Morgan fingerprint density at radius 3 is 2.70 bits per heavy atom. The molecule has 0 aliphatic heterocycles. The van der Waals surface area contributed by atoms with Crippen LogP contribution in [0, 0.1) is 0 Å². The number of aliphatic hydroxyl groups is 1. The van der Waals surface area contributed by atoms with Gasteiger partial charge in [-0.3, -0.25) is 0 Å². The van der Waals surface area contributed by atoms with Gasteiger partial charge in [-0.25, -0.2) is 0 Å². The van der Waals surface area contributed by atoms with Crippen LogP contribution < -0.4 is 0 Å². The van der Waals surface area contributed by atoms with Gasteiger partial charge in [-0.2, -0.15) is 0 Å². The number of halogens is 2. The maximum atomic E-state index is 9.25. The second kappa shape index (κ2) is 7.72. The molecule has 0 spiro atoms. The quantitative estimate of drug-likeness (QED) is 0.738. The van der Waals surface area contributed by atoms with Gasteiger partial charge in [-0.05, 0) is 0 Å². The Morgan fingerprint density at radius 1 is 1.30 bits per heavy atom. The van der Waals surface area contributed by atoms with Gasteiger partial charge in [-0.15, -0.1) is 24.8 Å². The zero-order valence-electron chi connectivity index (χ0n) is 13.3. The van der Waals surface area contributed by atoms with Gasteiger partial charge in [0.05, 0.1) is 0 Å². The van der Waals surface area contributed by atoms with E-state index in [0.29, 0.717) is 6.61 Å². The molecule has 0 bridgehead atoms. The van der Waals surface area contributed by atoms with Crippen LogP contribution in [0.25, 0.3) is 6.08 Å². The van der Waals surface area contributed by atoms with E-state index in [-0.39, 0.29) is 35.0 Å². The van der Waals surface area contributed by atoms with E-state index in [1.807, 2.05) is 0 Å². The van der Waals surface area contributed by atoms with Crippen molar-refractivity contribution in [1.29, 1.82) is 0 Å². The summed E-state index contributed by atoms with van der Waals surface area (Å²) in [6, 6.07) is 8.49. The SMILES string of the molecule is Cl.Cl.[CH2]=[Zr]([CH3])([O]CCO)([C]1=CC=CC1)[CH]1C=Cc2ccccc21. The van der Waals surface area contributed by atoms with Crippen molar-refractivity contribution in [2.75, 3.05) is 13.2 Å². The molecule has 126 valence electrons. The second-order valence-corrected chi connectivity index (χ2v) is 19.9. The molecule has 0 saturated heterocycles. The number of aliphatic hydroxyl groups excluding tert-OH is 1. The van der Waals surface area contributed by atoms with Crippen molar-refractivity contribution in [3.8, 4) is 0 Å². The Kier molecular flexibility index (Phi) is 6.96. The first-order valence-electron chi connectivity index (χ1n) is 7.49. The molecule has 2 aliphatic carbocycles. The van der Waals surface area contributed by atoms with Crippen molar-refractivity contribution in [3.63, 3.8) is 0 Å². The average Bonchev–Trinajstić information content (AvgIpc) is 3.15. The van der Waals surface area contributed by atoms with Gasteiger partial charge >= 0.3 is 128 Å². The minimum atomic E-state index is -3.90. The van der Waals surface area contributed by atoms with Gasteiger partial charge in [0.25, 0.3) is 0 Å². The number of fused-ring (bicyclic) bond motifs is 1. The topological polar surface area (TPSA) is 29.5 Å². The van der Waals surface area contributed by atoms with Crippen molar-refractivity contribution in [1.82, 2.24) is 0 Å². The van der Waals surface area contributed by atoms with Crippen molar-refractivity contribution >= 4 is 35.1 Å². The predicted octanol–water partition coefficient (Wildman–Crippen LogP) is 4.54. The molecule has 0 heterocycles. The first kappa shape index (κ1) is 20.7. The molecule has 0 amide bonds. The molecule has 0 saturated carbocycles. The van der Waals surface area contributed by atoms with E-state index in [2.05, 4.69) is 59.3 Å². The summed E-state index contributed by atoms with van der Waals surface area (Å²) in [7, 11) is 0. The van der Waals surface area contributed by atoms with Gasteiger partial charge in [-0.1, -0.05) is 0 Å². The summed E-state index contributed by atoms with van der Waals surface area (Å²) < 4.78 is 15.0. The molecule has 0 aromatic heterocycles. The van der Waals surface area contributed by atoms with Crippen LogP contribution in [0.5, 0.6) is 0 Å². The standard InChI is InChI=1S/C9H7.C5H5.C2H5O2.CH3.CH2.2ClH.Zr/c1-2-5-9-7-3-6-8(9)4-1;1-2-4-5-3-1;3-1-2-4;;;;;/h1-7H;1-3H,4H2;3H,1-2H2;1H3;1H2;2*1H;/q;;-1;;;;;+1. The van der Waals surface area contributed by atoms with Crippen LogP contribution >= 0.6 is 24.8 Å². The van der Waals surface area contributed by atoms with E-state index in [1.165, 1.54) is 14.4 Å². The Bertz CT molecular complexity index is 721. The summed E-state index contributed by atoms with van der Waals surface area (Å²) in [4.78, 5) is 0. The first-order valence-corrected chi connectivity index (χ1v) is 15.3. The van der Waals surface area contributed by atoms with E-state index in [4.69, 9.17) is 7.02 Å². The Labute approximate surface area is 152 Å². The molecule has 0 fully saturated rings. The molecule has 5 heteroatoms. The van der Waals surface area contributed by atoms with E-state index in [1.54, 1.807) is 0 Å². The summed E-state index contributed by atoms with van der Waals surface area (Å²) in [5.74, 6) is 0. The average molecular weight is 435 g/mol. The summed E-state index contributed by atoms with van der Waals surface area (Å²) in [5, 5.41) is 9.25. The van der Waals surface area contributed by atoms with Crippen LogP contribution in [0.1, 0.15) is 21.2 Å². The summed E-state index contributed by atoms with van der Waals surface area (Å²) in [6.45, 7) is 0.418. The molecule has 1 N–H and O–H groups in total. The third-order valence-electron chi connectivity index (χ3n) is 4.84. The second-order valence-electron chi connectivity index (χ2n) is 6.35. The van der Waals surface area contributed by atoms with E-state index >= 15 is 0 Å². The minimum absolute atomic E-state index is 0. The molecule has 1 atom stereocenters. The van der Waals surface area contributed by atoms with Crippen LogP contribution in [0.15, 0.2) is 51.9 Å². The number of benzene rings is 1. The molecule has 2 nitrogen and oxygen atoms in total. The van der Waals surface area contributed by atoms with Crippen LogP contribution in [0.3, 0.4) is 0 Å². The summed E-state index contributed by atoms with van der Waals surface area (Å²) in [5.41, 5.74) is 2.60. The Morgan fingerprint density at radius 2 is 2.04 bits per heavy atom. The summed E-state index contributed by atoms with van der Waals surface area (Å²) in [6.07, 6.45) is 11.8. The first-order chi connectivity index (χ1) is 10.1. The van der Waals surface area contributed by atoms with Crippen LogP contribution in [0.2, 0.25) is 4.63 Å². The van der Waals surface area contributed by atoms with E-state index < -0.39 is 18.7 Å². The molecular formula is C18H24Cl2O2Zr. The summed E-state index contributed by atoms with van der Waals surface area (Å²) >= 11 is -3.90. The maximum absolute atomic E-state index is 9.25.